The van der Waals surface area contributed by atoms with E-state index < -0.39 is 0 Å². The van der Waals surface area contributed by atoms with Crippen LogP contribution in [-0.2, 0) is 9.53 Å². The van der Waals surface area contributed by atoms with Gasteiger partial charge in [-0.2, -0.15) is 0 Å². The predicted octanol–water partition coefficient (Wildman–Crippen LogP) is 0.655. The van der Waals surface area contributed by atoms with Crippen LogP contribution in [0.5, 0.6) is 0 Å². The lowest BCUT2D eigenvalue weighted by Gasteiger charge is -2.10. The molecule has 0 aliphatic rings. The van der Waals surface area contributed by atoms with Crippen molar-refractivity contribution in [2.45, 2.75) is 45.8 Å². The molecule has 0 rings (SSSR count). The van der Waals surface area contributed by atoms with Gasteiger partial charge in [0, 0.05) is 12.6 Å². The van der Waals surface area contributed by atoms with Gasteiger partial charge in [-0.05, 0) is 26.7 Å². The zero-order chi connectivity index (χ0) is 11.0. The van der Waals surface area contributed by atoms with Crippen LogP contribution in [0, 0.1) is 0 Å². The van der Waals surface area contributed by atoms with Crippen molar-refractivity contribution in [3.63, 3.8) is 0 Å². The number of amides is 1. The largest absolute Gasteiger partial charge is 0.369 e. The Kier molecular flexibility index (Phi) is 7.42. The molecule has 0 radical (unpaired) electrons. The number of hydrogen-bond donors (Lipinski definition) is 2. The number of ether oxygens (including phenoxy) is 1. The summed E-state index contributed by atoms with van der Waals surface area (Å²) >= 11 is 0. The van der Waals surface area contributed by atoms with Crippen LogP contribution in [0.1, 0.15) is 33.6 Å². The summed E-state index contributed by atoms with van der Waals surface area (Å²) in [6, 6.07) is 0.182. The number of carbonyl (C=O) groups is 1. The van der Waals surface area contributed by atoms with Gasteiger partial charge >= 0.3 is 0 Å². The van der Waals surface area contributed by atoms with E-state index in [9.17, 15) is 4.79 Å². The van der Waals surface area contributed by atoms with Crippen molar-refractivity contribution in [1.29, 1.82) is 0 Å². The van der Waals surface area contributed by atoms with E-state index in [0.717, 1.165) is 12.8 Å². The molecule has 3 N–H and O–H groups in total. The highest BCUT2D eigenvalue weighted by Crippen LogP contribution is 1.91. The Labute approximate surface area is 86.2 Å². The van der Waals surface area contributed by atoms with Gasteiger partial charge in [-0.15, -0.1) is 0 Å². The molecule has 84 valence electrons. The standard InChI is InChI=1S/C10H22N2O2/c1-4-9(11)5-6-12-10(13)7-14-8(2)3/h8-9H,4-7,11H2,1-3H3,(H,12,13). The van der Waals surface area contributed by atoms with E-state index in [1.165, 1.54) is 0 Å². The van der Waals surface area contributed by atoms with Crippen molar-refractivity contribution >= 4 is 5.91 Å². The van der Waals surface area contributed by atoms with E-state index in [1.807, 2.05) is 20.8 Å². The molecule has 14 heavy (non-hydrogen) atoms. The first-order valence-electron chi connectivity index (χ1n) is 5.20. The Bertz CT molecular complexity index is 160. The zero-order valence-corrected chi connectivity index (χ0v) is 9.38. The summed E-state index contributed by atoms with van der Waals surface area (Å²) in [6.07, 6.45) is 1.86. The molecule has 0 aliphatic heterocycles. The minimum atomic E-state index is -0.0676. The maximum Gasteiger partial charge on any atom is 0.246 e. The molecule has 1 atom stereocenters. The molecule has 0 spiro atoms. The lowest BCUT2D eigenvalue weighted by atomic mass is 10.2. The number of carbonyl (C=O) groups excluding carboxylic acids is 1. The van der Waals surface area contributed by atoms with Gasteiger partial charge in [0.2, 0.25) is 5.91 Å². The minimum Gasteiger partial charge on any atom is -0.369 e. The topological polar surface area (TPSA) is 64.3 Å². The molecule has 0 heterocycles. The molecule has 0 saturated heterocycles. The summed E-state index contributed by atoms with van der Waals surface area (Å²) in [4.78, 5) is 11.1. The third kappa shape index (κ3) is 8.01. The Balaban J connectivity index is 3.35. The summed E-state index contributed by atoms with van der Waals surface area (Å²) in [6.45, 7) is 6.61. The maximum absolute atomic E-state index is 11.1. The number of hydrogen-bond acceptors (Lipinski definition) is 3. The van der Waals surface area contributed by atoms with E-state index >= 15 is 0 Å². The summed E-state index contributed by atoms with van der Waals surface area (Å²) < 4.78 is 5.14. The van der Waals surface area contributed by atoms with E-state index in [-0.39, 0.29) is 24.7 Å². The Morgan fingerprint density at radius 3 is 2.64 bits per heavy atom. The first kappa shape index (κ1) is 13.4. The van der Waals surface area contributed by atoms with Crippen LogP contribution in [0.3, 0.4) is 0 Å². The number of rotatable bonds is 7. The molecule has 0 saturated carbocycles. The first-order valence-corrected chi connectivity index (χ1v) is 5.20. The lowest BCUT2D eigenvalue weighted by molar-refractivity contribution is -0.127. The second-order valence-electron chi connectivity index (χ2n) is 3.67. The van der Waals surface area contributed by atoms with Gasteiger partial charge in [-0.1, -0.05) is 6.92 Å². The lowest BCUT2D eigenvalue weighted by Crippen LogP contribution is -2.33. The van der Waals surface area contributed by atoms with E-state index in [2.05, 4.69) is 5.32 Å². The number of nitrogens with two attached hydrogens (primary N) is 1. The fourth-order valence-electron chi connectivity index (χ4n) is 0.894. The summed E-state index contributed by atoms with van der Waals surface area (Å²) in [5, 5.41) is 2.76. The third-order valence-corrected chi connectivity index (χ3v) is 1.91. The predicted molar refractivity (Wildman–Crippen MR) is 57.0 cm³/mol. The zero-order valence-electron chi connectivity index (χ0n) is 9.38. The first-order chi connectivity index (χ1) is 6.56. The van der Waals surface area contributed by atoms with Crippen molar-refractivity contribution in [3.05, 3.63) is 0 Å². The van der Waals surface area contributed by atoms with Crippen molar-refractivity contribution in [1.82, 2.24) is 5.32 Å². The van der Waals surface area contributed by atoms with Crippen LogP contribution < -0.4 is 11.1 Å². The van der Waals surface area contributed by atoms with Crippen molar-refractivity contribution in [2.75, 3.05) is 13.2 Å². The fraction of sp³-hybridized carbons (Fsp3) is 0.900. The molecular weight excluding hydrogens is 180 g/mol. The normalized spacial score (nSPS) is 12.9. The van der Waals surface area contributed by atoms with E-state index in [1.54, 1.807) is 0 Å². The molecule has 4 nitrogen and oxygen atoms in total. The molecule has 1 amide bonds. The molecule has 0 bridgehead atoms. The van der Waals surface area contributed by atoms with Crippen LogP contribution in [-0.4, -0.2) is 31.2 Å². The SMILES string of the molecule is CCC(N)CCNC(=O)COC(C)C. The minimum absolute atomic E-state index is 0.0676. The van der Waals surface area contributed by atoms with Crippen molar-refractivity contribution in [3.8, 4) is 0 Å². The van der Waals surface area contributed by atoms with Crippen LogP contribution in [0.2, 0.25) is 0 Å². The second kappa shape index (κ2) is 7.76. The van der Waals surface area contributed by atoms with E-state index in [4.69, 9.17) is 10.5 Å². The van der Waals surface area contributed by atoms with E-state index in [0.29, 0.717) is 6.54 Å². The molecule has 1 unspecified atom stereocenters. The highest BCUT2D eigenvalue weighted by atomic mass is 16.5. The van der Waals surface area contributed by atoms with Gasteiger partial charge in [0.25, 0.3) is 0 Å². The third-order valence-electron chi connectivity index (χ3n) is 1.91. The highest BCUT2D eigenvalue weighted by Gasteiger charge is 2.03. The molecule has 0 aromatic rings. The van der Waals surface area contributed by atoms with Gasteiger partial charge < -0.3 is 15.8 Å². The molecule has 0 fully saturated rings. The van der Waals surface area contributed by atoms with Gasteiger partial charge in [-0.3, -0.25) is 4.79 Å². The quantitative estimate of drug-likeness (QED) is 0.637. The van der Waals surface area contributed by atoms with Crippen LogP contribution >= 0.6 is 0 Å². The second-order valence-corrected chi connectivity index (χ2v) is 3.67. The highest BCUT2D eigenvalue weighted by molar-refractivity contribution is 5.77. The number of nitrogens with one attached hydrogen (secondary N) is 1. The summed E-state index contributed by atoms with van der Waals surface area (Å²) in [5.41, 5.74) is 5.70. The van der Waals surface area contributed by atoms with Crippen LogP contribution in [0.25, 0.3) is 0 Å². The smallest absolute Gasteiger partial charge is 0.246 e. The van der Waals surface area contributed by atoms with Crippen molar-refractivity contribution < 1.29 is 9.53 Å². The van der Waals surface area contributed by atoms with Gasteiger partial charge in [0.15, 0.2) is 0 Å². The average Bonchev–Trinajstić information content (AvgIpc) is 2.14. The van der Waals surface area contributed by atoms with Crippen LogP contribution in [0.15, 0.2) is 0 Å². The molecule has 0 aromatic carbocycles. The van der Waals surface area contributed by atoms with Gasteiger partial charge in [0.05, 0.1) is 6.10 Å². The Morgan fingerprint density at radius 1 is 1.50 bits per heavy atom. The van der Waals surface area contributed by atoms with Gasteiger partial charge in [-0.25, -0.2) is 0 Å². The molecule has 4 heteroatoms. The van der Waals surface area contributed by atoms with Crippen molar-refractivity contribution in [2.24, 2.45) is 5.73 Å². The maximum atomic E-state index is 11.1. The Hall–Kier alpha value is -0.610. The summed E-state index contributed by atoms with van der Waals surface area (Å²) in [7, 11) is 0. The Morgan fingerprint density at radius 2 is 2.14 bits per heavy atom. The fourth-order valence-corrected chi connectivity index (χ4v) is 0.894. The molecule has 0 aromatic heterocycles. The molecular formula is C10H22N2O2. The van der Waals surface area contributed by atoms with Crippen LogP contribution in [0.4, 0.5) is 0 Å². The molecule has 0 aliphatic carbocycles. The average molecular weight is 202 g/mol. The van der Waals surface area contributed by atoms with Gasteiger partial charge in [0.1, 0.15) is 6.61 Å². The monoisotopic (exact) mass is 202 g/mol. The summed E-state index contributed by atoms with van der Waals surface area (Å²) in [5.74, 6) is -0.0676.